The van der Waals surface area contributed by atoms with Crippen molar-refractivity contribution in [3.05, 3.63) is 54.6 Å². The van der Waals surface area contributed by atoms with Gasteiger partial charge >= 0.3 is 5.97 Å². The molecule has 0 aromatic heterocycles. The van der Waals surface area contributed by atoms with Gasteiger partial charge in [0.15, 0.2) is 0 Å². The van der Waals surface area contributed by atoms with Gasteiger partial charge in [0, 0.05) is 6.54 Å². The zero-order valence-electron chi connectivity index (χ0n) is 13.6. The van der Waals surface area contributed by atoms with Crippen molar-refractivity contribution in [2.75, 3.05) is 19.7 Å². The SMILES string of the molecule is O=C(O)CCNCCCCOc1ccc(Oc2ccccc2)cc1. The molecule has 0 bridgehead atoms. The predicted molar refractivity (Wildman–Crippen MR) is 92.8 cm³/mol. The number of benzene rings is 2. The Balaban J connectivity index is 1.59. The number of hydrogen-bond donors (Lipinski definition) is 2. The van der Waals surface area contributed by atoms with Crippen molar-refractivity contribution < 1.29 is 19.4 Å². The first kappa shape index (κ1) is 17.8. The van der Waals surface area contributed by atoms with E-state index in [4.69, 9.17) is 14.6 Å². The molecule has 0 fully saturated rings. The van der Waals surface area contributed by atoms with E-state index in [1.165, 1.54) is 0 Å². The second kappa shape index (κ2) is 10.3. The van der Waals surface area contributed by atoms with Crippen molar-refractivity contribution in [2.24, 2.45) is 0 Å². The van der Waals surface area contributed by atoms with Gasteiger partial charge in [-0.25, -0.2) is 0 Å². The van der Waals surface area contributed by atoms with Crippen LogP contribution in [-0.2, 0) is 4.79 Å². The van der Waals surface area contributed by atoms with E-state index in [1.54, 1.807) is 0 Å². The number of ether oxygens (including phenoxy) is 2. The molecule has 0 radical (unpaired) electrons. The third kappa shape index (κ3) is 7.15. The number of unbranched alkanes of at least 4 members (excludes halogenated alkanes) is 1. The molecule has 0 amide bonds. The molecule has 5 heteroatoms. The van der Waals surface area contributed by atoms with Gasteiger partial charge in [-0.1, -0.05) is 18.2 Å². The Morgan fingerprint density at radius 1 is 0.875 bits per heavy atom. The molecule has 0 atom stereocenters. The van der Waals surface area contributed by atoms with E-state index in [2.05, 4.69) is 5.32 Å². The fourth-order valence-electron chi connectivity index (χ4n) is 2.09. The van der Waals surface area contributed by atoms with E-state index in [0.717, 1.165) is 36.6 Å². The van der Waals surface area contributed by atoms with Gasteiger partial charge < -0.3 is 19.9 Å². The highest BCUT2D eigenvalue weighted by Gasteiger charge is 1.99. The minimum atomic E-state index is -0.773. The van der Waals surface area contributed by atoms with Gasteiger partial charge in [-0.2, -0.15) is 0 Å². The summed E-state index contributed by atoms with van der Waals surface area (Å²) in [4.78, 5) is 10.3. The molecule has 5 nitrogen and oxygen atoms in total. The van der Waals surface area contributed by atoms with E-state index in [9.17, 15) is 4.79 Å². The first-order valence-electron chi connectivity index (χ1n) is 8.12. The van der Waals surface area contributed by atoms with Gasteiger partial charge in [0.2, 0.25) is 0 Å². The predicted octanol–water partition coefficient (Wildman–Crippen LogP) is 3.70. The lowest BCUT2D eigenvalue weighted by atomic mass is 10.3. The highest BCUT2D eigenvalue weighted by molar-refractivity contribution is 5.66. The Labute approximate surface area is 142 Å². The van der Waals surface area contributed by atoms with Crippen LogP contribution >= 0.6 is 0 Å². The van der Waals surface area contributed by atoms with E-state index in [1.807, 2.05) is 54.6 Å². The summed E-state index contributed by atoms with van der Waals surface area (Å²) in [5.41, 5.74) is 0. The summed E-state index contributed by atoms with van der Waals surface area (Å²) in [6, 6.07) is 17.2. The summed E-state index contributed by atoms with van der Waals surface area (Å²) in [5.74, 6) is 1.62. The Bertz CT molecular complexity index is 599. The van der Waals surface area contributed by atoms with Crippen molar-refractivity contribution >= 4 is 5.97 Å². The summed E-state index contributed by atoms with van der Waals surface area (Å²) in [7, 11) is 0. The maximum atomic E-state index is 10.3. The topological polar surface area (TPSA) is 67.8 Å². The van der Waals surface area contributed by atoms with Crippen LogP contribution < -0.4 is 14.8 Å². The van der Waals surface area contributed by atoms with Gasteiger partial charge in [-0.15, -0.1) is 0 Å². The van der Waals surface area contributed by atoms with E-state index < -0.39 is 5.97 Å². The maximum Gasteiger partial charge on any atom is 0.304 e. The van der Waals surface area contributed by atoms with Crippen LogP contribution in [0.1, 0.15) is 19.3 Å². The molecular weight excluding hydrogens is 306 g/mol. The molecule has 0 saturated heterocycles. The number of hydrogen-bond acceptors (Lipinski definition) is 4. The lowest BCUT2D eigenvalue weighted by molar-refractivity contribution is -0.136. The summed E-state index contributed by atoms with van der Waals surface area (Å²) >= 11 is 0. The molecule has 128 valence electrons. The second-order valence-corrected chi connectivity index (χ2v) is 5.34. The van der Waals surface area contributed by atoms with E-state index in [-0.39, 0.29) is 6.42 Å². The van der Waals surface area contributed by atoms with Crippen molar-refractivity contribution in [1.29, 1.82) is 0 Å². The molecule has 2 rings (SSSR count). The Hall–Kier alpha value is -2.53. The smallest absolute Gasteiger partial charge is 0.304 e. The molecule has 2 aromatic rings. The van der Waals surface area contributed by atoms with Crippen LogP contribution in [0.15, 0.2) is 54.6 Å². The average molecular weight is 329 g/mol. The fraction of sp³-hybridized carbons (Fsp3) is 0.316. The van der Waals surface area contributed by atoms with Crippen molar-refractivity contribution in [2.45, 2.75) is 19.3 Å². The Morgan fingerprint density at radius 2 is 1.54 bits per heavy atom. The van der Waals surface area contributed by atoms with Gasteiger partial charge in [-0.3, -0.25) is 4.79 Å². The van der Waals surface area contributed by atoms with Crippen LogP contribution in [0.5, 0.6) is 17.2 Å². The summed E-state index contributed by atoms with van der Waals surface area (Å²) < 4.78 is 11.4. The normalized spacial score (nSPS) is 10.3. The van der Waals surface area contributed by atoms with Crippen molar-refractivity contribution in [1.82, 2.24) is 5.32 Å². The molecule has 0 aliphatic rings. The van der Waals surface area contributed by atoms with Crippen LogP contribution in [0.4, 0.5) is 0 Å². The average Bonchev–Trinajstić information content (AvgIpc) is 2.59. The zero-order chi connectivity index (χ0) is 17.0. The summed E-state index contributed by atoms with van der Waals surface area (Å²) in [6.45, 7) is 1.96. The van der Waals surface area contributed by atoms with Gasteiger partial charge in [0.05, 0.1) is 13.0 Å². The minimum absolute atomic E-state index is 0.161. The third-order valence-corrected chi connectivity index (χ3v) is 3.33. The quantitative estimate of drug-likeness (QED) is 0.615. The molecule has 2 N–H and O–H groups in total. The second-order valence-electron chi connectivity index (χ2n) is 5.34. The first-order valence-corrected chi connectivity index (χ1v) is 8.12. The number of carboxylic acid groups (broad SMARTS) is 1. The highest BCUT2D eigenvalue weighted by Crippen LogP contribution is 2.23. The Kier molecular flexibility index (Phi) is 7.63. The molecule has 2 aromatic carbocycles. The molecule has 24 heavy (non-hydrogen) atoms. The molecule has 0 spiro atoms. The van der Waals surface area contributed by atoms with Crippen LogP contribution in [-0.4, -0.2) is 30.8 Å². The number of rotatable bonds is 11. The van der Waals surface area contributed by atoms with Crippen LogP contribution in [0.25, 0.3) is 0 Å². The number of para-hydroxylation sites is 1. The monoisotopic (exact) mass is 329 g/mol. The lowest BCUT2D eigenvalue weighted by Crippen LogP contribution is -2.19. The van der Waals surface area contributed by atoms with Crippen molar-refractivity contribution in [3.63, 3.8) is 0 Å². The number of nitrogens with one attached hydrogen (secondary N) is 1. The third-order valence-electron chi connectivity index (χ3n) is 3.33. The van der Waals surface area contributed by atoms with Gasteiger partial charge in [-0.05, 0) is 55.8 Å². The summed E-state index contributed by atoms with van der Waals surface area (Å²) in [5, 5.41) is 11.6. The summed E-state index contributed by atoms with van der Waals surface area (Å²) in [6.07, 6.45) is 2.03. The lowest BCUT2D eigenvalue weighted by Gasteiger charge is -2.08. The van der Waals surface area contributed by atoms with Gasteiger partial charge in [0.1, 0.15) is 17.2 Å². The Morgan fingerprint density at radius 3 is 2.25 bits per heavy atom. The molecule has 0 saturated carbocycles. The minimum Gasteiger partial charge on any atom is -0.494 e. The highest BCUT2D eigenvalue weighted by atomic mass is 16.5. The number of aliphatic carboxylic acids is 1. The zero-order valence-corrected chi connectivity index (χ0v) is 13.6. The molecule has 0 heterocycles. The van der Waals surface area contributed by atoms with Gasteiger partial charge in [0.25, 0.3) is 0 Å². The number of carboxylic acids is 1. The standard InChI is InChI=1S/C19H23NO4/c21-19(22)12-14-20-13-4-5-15-23-16-8-10-18(11-9-16)24-17-6-2-1-3-7-17/h1-3,6-11,20H,4-5,12-15H2,(H,21,22). The van der Waals surface area contributed by atoms with Crippen LogP contribution in [0.3, 0.4) is 0 Å². The van der Waals surface area contributed by atoms with E-state index in [0.29, 0.717) is 13.2 Å². The molecule has 0 aliphatic heterocycles. The largest absolute Gasteiger partial charge is 0.494 e. The molecular formula is C19H23NO4. The van der Waals surface area contributed by atoms with Crippen molar-refractivity contribution in [3.8, 4) is 17.2 Å². The van der Waals surface area contributed by atoms with Crippen LogP contribution in [0.2, 0.25) is 0 Å². The van der Waals surface area contributed by atoms with E-state index >= 15 is 0 Å². The molecule has 0 unspecified atom stereocenters. The maximum absolute atomic E-state index is 10.3. The van der Waals surface area contributed by atoms with Crippen LogP contribution in [0, 0.1) is 0 Å². The number of carbonyl (C=O) groups is 1. The first-order chi connectivity index (χ1) is 11.7. The molecule has 0 aliphatic carbocycles. The fourth-order valence-corrected chi connectivity index (χ4v) is 2.09.